The van der Waals surface area contributed by atoms with Crippen LogP contribution in [0.1, 0.15) is 63.5 Å². The Morgan fingerprint density at radius 3 is 2.34 bits per heavy atom. The van der Waals surface area contributed by atoms with Crippen LogP contribution in [0, 0.1) is 22.7 Å². The molecule has 0 unspecified atom stereocenters. The van der Waals surface area contributed by atoms with E-state index in [4.69, 9.17) is 14.3 Å². The summed E-state index contributed by atoms with van der Waals surface area (Å²) in [6.45, 7) is 6.31. The first-order valence-electron chi connectivity index (χ1n) is 14.7. The highest BCUT2D eigenvalue weighted by atomic mass is 16.7. The van der Waals surface area contributed by atoms with E-state index >= 15 is 0 Å². The Hall–Kier alpha value is -5.35. The van der Waals surface area contributed by atoms with Gasteiger partial charge in [-0.15, -0.1) is 5.06 Å². The molecule has 1 fully saturated rings. The molecule has 2 heterocycles. The SMILES string of the molecule is CCN(CC)c1ccc2c(c1)OC(=C(C#N)C#N)C=C2C=Cc1ccc(OCCCCCC(=O)ON2C(=O)CCC2=O)cc1. The topological polar surface area (TPSA) is 133 Å². The van der Waals surface area contributed by atoms with Gasteiger partial charge >= 0.3 is 5.97 Å². The maximum Gasteiger partial charge on any atom is 0.333 e. The van der Waals surface area contributed by atoms with E-state index in [2.05, 4.69) is 18.7 Å². The van der Waals surface area contributed by atoms with Gasteiger partial charge in [0.05, 0.1) is 6.61 Å². The molecule has 2 aromatic rings. The zero-order chi connectivity index (χ0) is 31.5. The lowest BCUT2D eigenvalue weighted by molar-refractivity contribution is -0.197. The molecule has 0 aliphatic carbocycles. The van der Waals surface area contributed by atoms with Gasteiger partial charge in [0.1, 0.15) is 23.6 Å². The third-order valence-electron chi connectivity index (χ3n) is 7.21. The summed E-state index contributed by atoms with van der Waals surface area (Å²) in [5, 5.41) is 19.4. The number of benzene rings is 2. The van der Waals surface area contributed by atoms with Gasteiger partial charge in [-0.2, -0.15) is 10.5 Å². The first kappa shape index (κ1) is 31.6. The van der Waals surface area contributed by atoms with Crippen LogP contribution in [0.5, 0.6) is 11.5 Å². The van der Waals surface area contributed by atoms with Gasteiger partial charge in [-0.05, 0) is 74.6 Å². The van der Waals surface area contributed by atoms with Crippen molar-refractivity contribution in [3.8, 4) is 23.6 Å². The quantitative estimate of drug-likeness (QED) is 0.159. The van der Waals surface area contributed by atoms with E-state index in [1.165, 1.54) is 0 Å². The van der Waals surface area contributed by atoms with Crippen molar-refractivity contribution in [2.45, 2.75) is 52.4 Å². The van der Waals surface area contributed by atoms with Gasteiger partial charge in [-0.1, -0.05) is 24.3 Å². The molecule has 4 rings (SSSR count). The minimum atomic E-state index is -0.592. The number of nitriles is 2. The van der Waals surface area contributed by atoms with Gasteiger partial charge in [0.2, 0.25) is 0 Å². The second kappa shape index (κ2) is 15.2. The van der Waals surface area contributed by atoms with E-state index in [1.807, 2.05) is 66.8 Å². The minimum Gasteiger partial charge on any atom is -0.494 e. The molecule has 0 N–H and O–H groups in total. The first-order valence-corrected chi connectivity index (χ1v) is 14.7. The molecule has 2 aliphatic rings. The van der Waals surface area contributed by atoms with Gasteiger partial charge in [0, 0.05) is 49.7 Å². The summed E-state index contributed by atoms with van der Waals surface area (Å²) < 4.78 is 11.8. The zero-order valence-corrected chi connectivity index (χ0v) is 24.9. The number of hydroxylamine groups is 2. The number of allylic oxidation sites excluding steroid dienone is 4. The maximum absolute atomic E-state index is 11.9. The highest BCUT2D eigenvalue weighted by Crippen LogP contribution is 2.38. The highest BCUT2D eigenvalue weighted by Gasteiger charge is 2.32. The van der Waals surface area contributed by atoms with Gasteiger partial charge in [-0.3, -0.25) is 9.59 Å². The van der Waals surface area contributed by atoms with E-state index in [-0.39, 0.29) is 30.6 Å². The fourth-order valence-corrected chi connectivity index (χ4v) is 4.79. The van der Waals surface area contributed by atoms with Gasteiger partial charge in [0.25, 0.3) is 11.8 Å². The summed E-state index contributed by atoms with van der Waals surface area (Å²) in [6.07, 6.45) is 7.87. The molecular weight excluding hydrogens is 560 g/mol. The van der Waals surface area contributed by atoms with Crippen LogP contribution in [0.3, 0.4) is 0 Å². The summed E-state index contributed by atoms with van der Waals surface area (Å²) in [5.41, 5.74) is 3.53. The van der Waals surface area contributed by atoms with Crippen molar-refractivity contribution in [2.75, 3.05) is 24.6 Å². The number of nitrogens with zero attached hydrogens (tertiary/aromatic N) is 4. The van der Waals surface area contributed by atoms with Crippen LogP contribution in [0.4, 0.5) is 5.69 Å². The fourth-order valence-electron chi connectivity index (χ4n) is 4.79. The van der Waals surface area contributed by atoms with Crippen LogP contribution >= 0.6 is 0 Å². The van der Waals surface area contributed by atoms with Gasteiger partial charge in [0.15, 0.2) is 11.3 Å². The standard InChI is InChI=1S/C34H34N4O6/c1-3-37(4-2)27-13-16-29-25(20-30(26(22-35)23-36)43-31(29)21-27)12-9-24-10-14-28(15-11-24)42-19-7-5-6-8-34(41)44-38-32(39)17-18-33(38)40/h9-16,20-21H,3-8,17-19H2,1-2H3. The number of rotatable bonds is 13. The van der Waals surface area contributed by atoms with E-state index < -0.39 is 17.8 Å². The number of fused-ring (bicyclic) bond motifs is 1. The Morgan fingerprint density at radius 2 is 1.68 bits per heavy atom. The molecule has 0 saturated carbocycles. The predicted molar refractivity (Wildman–Crippen MR) is 163 cm³/mol. The third-order valence-corrected chi connectivity index (χ3v) is 7.21. The Labute approximate surface area is 257 Å². The minimum absolute atomic E-state index is 0.0762. The fraction of sp³-hybridized carbons (Fsp3) is 0.324. The molecule has 2 aromatic carbocycles. The summed E-state index contributed by atoms with van der Waals surface area (Å²) in [4.78, 5) is 42.0. The number of carbonyl (C=O) groups excluding carboxylic acids is 3. The van der Waals surface area contributed by atoms with Crippen molar-refractivity contribution in [2.24, 2.45) is 0 Å². The summed E-state index contributed by atoms with van der Waals surface area (Å²) >= 11 is 0. The molecule has 0 atom stereocenters. The Kier molecular flexibility index (Phi) is 10.9. The maximum atomic E-state index is 11.9. The molecule has 10 heteroatoms. The lowest BCUT2D eigenvalue weighted by Gasteiger charge is -2.25. The van der Waals surface area contributed by atoms with Crippen molar-refractivity contribution in [3.05, 3.63) is 77.1 Å². The van der Waals surface area contributed by atoms with Crippen LogP contribution < -0.4 is 14.4 Å². The van der Waals surface area contributed by atoms with Crippen molar-refractivity contribution < 1.29 is 28.7 Å². The second-order valence-corrected chi connectivity index (χ2v) is 10.1. The average Bonchev–Trinajstić information content (AvgIpc) is 3.35. The zero-order valence-electron chi connectivity index (χ0n) is 24.9. The molecule has 44 heavy (non-hydrogen) atoms. The normalized spacial score (nSPS) is 14.0. The van der Waals surface area contributed by atoms with Gasteiger partial charge in [-0.25, -0.2) is 4.79 Å². The highest BCUT2D eigenvalue weighted by molar-refractivity contribution is 6.01. The van der Waals surface area contributed by atoms with Gasteiger partial charge < -0.3 is 19.2 Å². The van der Waals surface area contributed by atoms with Crippen molar-refractivity contribution >= 4 is 35.1 Å². The Balaban J connectivity index is 1.31. The monoisotopic (exact) mass is 594 g/mol. The lowest BCUT2D eigenvalue weighted by atomic mass is 9.98. The number of ether oxygens (including phenoxy) is 2. The van der Waals surface area contributed by atoms with Crippen LogP contribution in [-0.4, -0.2) is 42.5 Å². The summed E-state index contributed by atoms with van der Waals surface area (Å²) in [6, 6.07) is 17.4. The number of amides is 2. The smallest absolute Gasteiger partial charge is 0.333 e. The number of hydrogen-bond acceptors (Lipinski definition) is 9. The van der Waals surface area contributed by atoms with Crippen molar-refractivity contribution in [1.82, 2.24) is 5.06 Å². The molecule has 226 valence electrons. The van der Waals surface area contributed by atoms with Crippen LogP contribution in [0.2, 0.25) is 0 Å². The van der Waals surface area contributed by atoms with Crippen LogP contribution in [0.15, 0.2) is 65.9 Å². The number of unbranched alkanes of at least 4 members (excludes halogenated alkanes) is 2. The molecule has 0 aromatic heterocycles. The third kappa shape index (κ3) is 7.93. The van der Waals surface area contributed by atoms with E-state index in [0.29, 0.717) is 29.6 Å². The van der Waals surface area contributed by atoms with E-state index in [0.717, 1.165) is 48.3 Å². The summed E-state index contributed by atoms with van der Waals surface area (Å²) in [7, 11) is 0. The van der Waals surface area contributed by atoms with E-state index in [1.54, 1.807) is 6.08 Å². The molecular formula is C34H34N4O6. The molecule has 0 bridgehead atoms. The van der Waals surface area contributed by atoms with Crippen molar-refractivity contribution in [3.63, 3.8) is 0 Å². The summed E-state index contributed by atoms with van der Waals surface area (Å²) in [5.74, 6) is -0.0339. The Morgan fingerprint density at radius 1 is 0.977 bits per heavy atom. The number of imide groups is 1. The average molecular weight is 595 g/mol. The first-order chi connectivity index (χ1) is 21.4. The lowest BCUT2D eigenvalue weighted by Crippen LogP contribution is -2.31. The molecule has 10 nitrogen and oxygen atoms in total. The van der Waals surface area contributed by atoms with Crippen LogP contribution in [0.25, 0.3) is 11.6 Å². The van der Waals surface area contributed by atoms with Crippen LogP contribution in [-0.2, 0) is 19.2 Å². The number of anilines is 1. The molecule has 2 amide bonds. The molecule has 0 radical (unpaired) electrons. The molecule has 0 spiro atoms. The Bertz CT molecular complexity index is 1540. The predicted octanol–water partition coefficient (Wildman–Crippen LogP) is 5.87. The molecule has 2 aliphatic heterocycles. The molecule has 1 saturated heterocycles. The second-order valence-electron chi connectivity index (χ2n) is 10.1. The van der Waals surface area contributed by atoms with E-state index in [9.17, 15) is 24.9 Å². The largest absolute Gasteiger partial charge is 0.494 e. The van der Waals surface area contributed by atoms with Crippen molar-refractivity contribution in [1.29, 1.82) is 10.5 Å². The number of carbonyl (C=O) groups is 3. The number of hydrogen-bond donors (Lipinski definition) is 0.